The van der Waals surface area contributed by atoms with Gasteiger partial charge in [0.1, 0.15) is 85.6 Å². The first kappa shape index (κ1) is 103. The molecule has 9 aromatic rings. The Morgan fingerprint density at radius 1 is 0.579 bits per heavy atom. The van der Waals surface area contributed by atoms with Crippen molar-refractivity contribution >= 4 is 119 Å². The van der Waals surface area contributed by atoms with E-state index < -0.39 is 222 Å². The van der Waals surface area contributed by atoms with Crippen molar-refractivity contribution in [3.8, 4) is 5.88 Å². The summed E-state index contributed by atoms with van der Waals surface area (Å²) in [6.45, 7) is -1.14. The second-order valence-electron chi connectivity index (χ2n) is 26.9. The summed E-state index contributed by atoms with van der Waals surface area (Å²) in [6.07, 6.45) is -26.9. The molecular weight excluding hydrogens is 1780 g/mol. The molecule has 10 unspecified atom stereocenters. The number of nitrogens with two attached hydrogens (primary N) is 5. The van der Waals surface area contributed by atoms with Crippen LogP contribution in [0.3, 0.4) is 0 Å². The first-order valence-corrected chi connectivity index (χ1v) is 40.8. The van der Waals surface area contributed by atoms with Crippen molar-refractivity contribution in [2.24, 2.45) is 12.5 Å². The first-order valence-electron chi connectivity index (χ1n) is 33.5. The van der Waals surface area contributed by atoms with Gasteiger partial charge in [-0.05, 0) is 11.5 Å². The molecule has 0 saturated carbocycles. The van der Waals surface area contributed by atoms with Gasteiger partial charge in [-0.25, -0.2) is 33.1 Å². The Kier molecular flexibility index (Phi) is 34.5. The Balaban J connectivity index is 0.00000364. The number of methoxy groups -OCH3 is 2. The van der Waals surface area contributed by atoms with E-state index in [1.807, 2.05) is 0 Å². The van der Waals surface area contributed by atoms with Gasteiger partial charge in [0.2, 0.25) is 24.1 Å². The maximum absolute atomic E-state index is 14.4. The summed E-state index contributed by atoms with van der Waals surface area (Å²) in [5.74, 6) is -2.98. The molecule has 12 heterocycles. The van der Waals surface area contributed by atoms with Crippen LogP contribution in [0.15, 0.2) is 59.2 Å². The van der Waals surface area contributed by atoms with Gasteiger partial charge in [0, 0.05) is 26.2 Å². The number of nitrogens with one attached hydrogen (secondary N) is 2. The predicted molar refractivity (Wildman–Crippen MR) is 367 cm³/mol. The van der Waals surface area contributed by atoms with Crippen LogP contribution >= 0.6 is 39.1 Å². The molecule has 15 N–H and O–H groups in total. The van der Waals surface area contributed by atoms with Gasteiger partial charge in [-0.15, -0.1) is 0 Å². The van der Waals surface area contributed by atoms with E-state index in [4.69, 9.17) is 93.7 Å². The molecule has 121 heavy (non-hydrogen) atoms. The molecule has 632 valence electrons. The molecule has 0 aliphatic carbocycles. The number of aromatic nitrogens is 16. The molecule has 4 aliphatic heterocycles. The standard InChI is InChI=1S/C55H73N22O34P5.5Na/c1-55(2,3)38(20-9-7-8-10-21(20)77(84)85)99-19-98-35-31(79)23(105-48(35)76-18-72(4)29-43(76)68-54(60)71-46(29)83)12-102-114(90,91)110-116(94,95)111-115(92,93)103-14-25-34(36(96-5)49(107-25)74-15-61-26-39(56)64-51(57)65-40(26)74)109-113(88,89)101-13-24-33(37(97-6)50(106-24)75-17-63-28-42(75)67-53(59)70-45(28)82)108-112(86,87)100-11-22-30(78)32(80)47(104-22)73-16-62-27-41(73)66-52(58)69-44(27)81;;;;;/h7-10,15-18,22-25,30-38,47-50,78-80H,11-14,19H2,1-6H3,(H17-,56,57,58,59,60,64,65,66,67,68,69,70,71,81,82,83,86,87,88,89,90,91,92,93,94,95);;;;;/q;5*+1/p-5/t22-,23-,24-,25-,30+,31+,32?,33+,34+,35?,36?,37?,38?,47-,48-,49-,50-;;;;;/m1...../s1. The predicted octanol–water partition coefficient (Wildman–Crippen LogP) is -20.7. The van der Waals surface area contributed by atoms with Gasteiger partial charge in [0.15, 0.2) is 64.3 Å². The molecule has 4 saturated heterocycles. The topological polar surface area (TPSA) is 811 Å². The average Bonchev–Trinajstić information content (AvgIpc) is 1.64. The summed E-state index contributed by atoms with van der Waals surface area (Å²) in [4.78, 5) is 146. The van der Waals surface area contributed by atoms with Gasteiger partial charge in [0.25, 0.3) is 61.9 Å². The molecule has 4 aliphatic rings. The number of aliphatic hydroxyl groups excluding tert-OH is 3. The number of ether oxygens (including phenoxy) is 8. The number of fused-ring (bicyclic) bond motifs is 4. The van der Waals surface area contributed by atoms with Crippen molar-refractivity contribution in [2.75, 3.05) is 76.1 Å². The second kappa shape index (κ2) is 40.6. The van der Waals surface area contributed by atoms with Gasteiger partial charge in [-0.2, -0.15) is 19.9 Å². The molecule has 0 amide bonds. The van der Waals surface area contributed by atoms with E-state index in [2.05, 4.69) is 63.4 Å². The van der Waals surface area contributed by atoms with E-state index in [1.165, 1.54) is 42.2 Å². The number of hydrogen-bond donors (Lipinski definition) is 10. The van der Waals surface area contributed by atoms with E-state index in [0.29, 0.717) is 0 Å². The Morgan fingerprint density at radius 2 is 1.02 bits per heavy atom. The number of aryl methyl sites for hydroxylation is 1. The van der Waals surface area contributed by atoms with Gasteiger partial charge in [0.05, 0.1) is 69.0 Å². The third kappa shape index (κ3) is 22.5. The second-order valence-corrected chi connectivity index (χ2v) is 34.1. The molecule has 0 spiro atoms. The molecule has 22 atom stereocenters. The zero-order valence-corrected chi connectivity index (χ0v) is 79.8. The number of phosphoric acid groups is 5. The molecule has 13 rings (SSSR count). The number of aliphatic hydroxyl groups is 3. The molecule has 4 fully saturated rings. The van der Waals surface area contributed by atoms with Crippen LogP contribution in [0.25, 0.3) is 44.7 Å². The number of benzene rings is 1. The maximum atomic E-state index is 14.4. The molecule has 8 aromatic heterocycles. The zero-order chi connectivity index (χ0) is 84.0. The van der Waals surface area contributed by atoms with Crippen LogP contribution in [0.1, 0.15) is 57.4 Å². The normalized spacial score (nSPS) is 27.0. The Morgan fingerprint density at radius 3 is 1.52 bits per heavy atom. The first-order chi connectivity index (χ1) is 54.5. The fraction of sp³-hybridized carbons (Fsp3) is 0.527. The van der Waals surface area contributed by atoms with Crippen LogP contribution in [0.4, 0.5) is 35.3 Å². The molecule has 0 bridgehead atoms. The van der Waals surface area contributed by atoms with Crippen LogP contribution < -0.4 is 222 Å². The van der Waals surface area contributed by atoms with Gasteiger partial charge in [-0.3, -0.25) is 70.8 Å². The van der Waals surface area contributed by atoms with Gasteiger partial charge >= 0.3 is 153 Å². The van der Waals surface area contributed by atoms with Crippen molar-refractivity contribution in [2.45, 2.75) is 125 Å². The third-order valence-corrected chi connectivity index (χ3v) is 24.2. The number of H-pyrrole nitrogens is 2. The number of aromatic amines is 2. The molecular formula is C55H68N22Na5O34P5. The van der Waals surface area contributed by atoms with Crippen molar-refractivity contribution in [3.63, 3.8) is 0 Å². The van der Waals surface area contributed by atoms with Crippen LogP contribution in [0.5, 0.6) is 5.88 Å². The number of nitro groups is 1. The summed E-state index contributed by atoms with van der Waals surface area (Å²) in [5, 5.41) is 59.0. The van der Waals surface area contributed by atoms with E-state index in [1.54, 1.807) is 20.8 Å². The number of para-hydroxylation sites is 1. The minimum absolute atomic E-state index is 0. The SMILES string of the molecule is COC1[C@@H](OP(=O)([O-])OC[C@H]2O[C@@H](n3cnc4c(=O)[nH]c(N)nc43)C(OC)[C@H]2OP(=O)([O-])OC[C@H]2O[C@@H](n3cnc4c(=O)[nH]c(N)nc43)C(O)[C@H]2O)[C@@H](COP(=O)([O-])OP(=O)([O-])OP(=O)([O-])OC[C@H]2O[C@@H]([n+]3cn(C)c4c([O-])nc(N)nc43)C(OCOC(c3ccccc3[N+](=O)[O-])C(C)(C)C)[C@H]2O)O[C@H]1n1cnc2c(N)nc(N)nc21.[Na+].[Na+].[Na+].[Na+].[Na+]. The Hall–Kier alpha value is -3.59. The Labute approximate surface area is 788 Å². The fourth-order valence-electron chi connectivity index (χ4n) is 13.3. The van der Waals surface area contributed by atoms with E-state index in [9.17, 15) is 87.4 Å². The zero-order valence-electron chi connectivity index (χ0n) is 65.3. The molecule has 56 nitrogen and oxygen atoms in total. The summed E-state index contributed by atoms with van der Waals surface area (Å²) in [7, 11) is -28.5. The van der Waals surface area contributed by atoms with Gasteiger partial charge in [-0.1, -0.05) is 37.9 Å². The summed E-state index contributed by atoms with van der Waals surface area (Å²) in [5.41, 5.74) is 24.7. The van der Waals surface area contributed by atoms with Crippen molar-refractivity contribution in [1.82, 2.24) is 73.1 Å². The largest absolute Gasteiger partial charge is 1.00 e. The number of nitro benzene ring substituents is 1. The number of imidazole rings is 4. The summed E-state index contributed by atoms with van der Waals surface area (Å²) in [6, 6.07) is 5.65. The molecule has 0 radical (unpaired) electrons. The number of hydrogen-bond acceptors (Lipinski definition) is 48. The average molecular weight is 1850 g/mol. The summed E-state index contributed by atoms with van der Waals surface area (Å²) >= 11 is 0. The number of rotatable bonds is 32. The number of anilines is 5. The Bertz CT molecular complexity index is 5630. The van der Waals surface area contributed by atoms with E-state index in [0.717, 1.165) is 51.5 Å². The van der Waals surface area contributed by atoms with Crippen molar-refractivity contribution < 1.29 is 299 Å². The van der Waals surface area contributed by atoms with Crippen LogP contribution in [0.2, 0.25) is 0 Å². The van der Waals surface area contributed by atoms with E-state index >= 15 is 0 Å². The fourth-order valence-corrected chi connectivity index (χ4v) is 18.5. The molecule has 66 heteroatoms. The van der Waals surface area contributed by atoms with Crippen molar-refractivity contribution in [1.29, 1.82) is 0 Å². The monoisotopic (exact) mass is 1850 g/mol. The summed E-state index contributed by atoms with van der Waals surface area (Å²) < 4.78 is 161. The van der Waals surface area contributed by atoms with Gasteiger partial charge < -0.3 is 139 Å². The van der Waals surface area contributed by atoms with Crippen LogP contribution in [-0.4, -0.2) is 214 Å². The van der Waals surface area contributed by atoms with Crippen LogP contribution in [-0.2, 0) is 104 Å². The maximum Gasteiger partial charge on any atom is 1.00 e. The third-order valence-electron chi connectivity index (χ3n) is 18.2. The number of phosphoric ester groups is 4. The van der Waals surface area contributed by atoms with E-state index in [-0.39, 0.29) is 215 Å². The van der Waals surface area contributed by atoms with Crippen LogP contribution in [0, 0.1) is 15.5 Å². The number of nitrogen functional groups attached to an aromatic ring is 5. The smallest absolute Gasteiger partial charge is 0.856 e. The number of nitrogens with zero attached hydrogens (tertiary/aromatic N) is 15. The minimum atomic E-state index is -6.83. The van der Waals surface area contributed by atoms with Crippen molar-refractivity contribution in [3.05, 3.63) is 86.0 Å². The minimum Gasteiger partial charge on any atom is -0.856 e. The molecule has 1 aromatic carbocycles. The quantitative estimate of drug-likeness (QED) is 0.00467.